The summed E-state index contributed by atoms with van der Waals surface area (Å²) in [5.41, 5.74) is 1.67. The quantitative estimate of drug-likeness (QED) is 0.473. The molecule has 0 fully saturated rings. The number of aromatic nitrogens is 2. The van der Waals surface area contributed by atoms with E-state index in [0.717, 1.165) is 10.1 Å². The molecule has 2 heterocycles. The molecule has 8 heteroatoms. The standard InChI is InChI=1S/C18H18N4O3S/c1-10(2)15(16-19-8-12(9-20-16)17(23)22-25)21-18(24)14-7-11-5-3-4-6-13(11)26-14/h3-10,15,25H,1-2H3,(H,21,24)(H,22,23)/t15-/m0/s1. The number of nitrogens with one attached hydrogen (secondary N) is 2. The number of hydrogen-bond donors (Lipinski definition) is 3. The Morgan fingerprint density at radius 2 is 1.81 bits per heavy atom. The maximum absolute atomic E-state index is 12.7. The topological polar surface area (TPSA) is 104 Å². The van der Waals surface area contributed by atoms with E-state index >= 15 is 0 Å². The molecule has 0 aliphatic heterocycles. The smallest absolute Gasteiger partial charge is 0.277 e. The van der Waals surface area contributed by atoms with Crippen LogP contribution in [0.5, 0.6) is 0 Å². The predicted molar refractivity (Wildman–Crippen MR) is 98.2 cm³/mol. The van der Waals surface area contributed by atoms with Crippen LogP contribution in [0.1, 0.15) is 45.7 Å². The Morgan fingerprint density at radius 3 is 2.42 bits per heavy atom. The van der Waals surface area contributed by atoms with E-state index in [1.165, 1.54) is 29.2 Å². The maximum Gasteiger partial charge on any atom is 0.277 e. The van der Waals surface area contributed by atoms with Gasteiger partial charge in [0.15, 0.2) is 5.82 Å². The van der Waals surface area contributed by atoms with Gasteiger partial charge in [0, 0.05) is 17.1 Å². The number of fused-ring (bicyclic) bond motifs is 1. The van der Waals surface area contributed by atoms with Crippen LogP contribution in [0.3, 0.4) is 0 Å². The second-order valence-electron chi connectivity index (χ2n) is 6.11. The minimum absolute atomic E-state index is 0.0471. The van der Waals surface area contributed by atoms with Gasteiger partial charge in [0.2, 0.25) is 0 Å². The Balaban J connectivity index is 1.81. The van der Waals surface area contributed by atoms with Gasteiger partial charge in [-0.2, -0.15) is 0 Å². The van der Waals surface area contributed by atoms with E-state index in [-0.39, 0.29) is 17.4 Å². The van der Waals surface area contributed by atoms with Gasteiger partial charge in [0.25, 0.3) is 11.8 Å². The minimum atomic E-state index is -0.688. The summed E-state index contributed by atoms with van der Waals surface area (Å²) in [6.45, 7) is 3.90. The molecule has 0 saturated carbocycles. The van der Waals surface area contributed by atoms with Gasteiger partial charge < -0.3 is 5.32 Å². The summed E-state index contributed by atoms with van der Waals surface area (Å²) in [5, 5.41) is 12.6. The lowest BCUT2D eigenvalue weighted by Gasteiger charge is -2.20. The molecule has 0 saturated heterocycles. The average Bonchev–Trinajstić information content (AvgIpc) is 3.09. The Morgan fingerprint density at radius 1 is 1.12 bits per heavy atom. The zero-order chi connectivity index (χ0) is 18.7. The first-order chi connectivity index (χ1) is 12.5. The number of amides is 2. The molecule has 0 unspecified atom stereocenters. The van der Waals surface area contributed by atoms with Gasteiger partial charge in [-0.15, -0.1) is 11.3 Å². The van der Waals surface area contributed by atoms with E-state index in [0.29, 0.717) is 10.7 Å². The molecule has 3 aromatic rings. The molecular formula is C18H18N4O3S. The Hall–Kier alpha value is -2.84. The van der Waals surface area contributed by atoms with Crippen molar-refractivity contribution in [3.8, 4) is 0 Å². The highest BCUT2D eigenvalue weighted by molar-refractivity contribution is 7.20. The summed E-state index contributed by atoms with van der Waals surface area (Å²) in [6.07, 6.45) is 2.63. The average molecular weight is 370 g/mol. The molecule has 2 aromatic heterocycles. The second-order valence-corrected chi connectivity index (χ2v) is 7.20. The lowest BCUT2D eigenvalue weighted by atomic mass is 10.0. The second kappa shape index (κ2) is 7.59. The summed E-state index contributed by atoms with van der Waals surface area (Å²) < 4.78 is 1.05. The highest BCUT2D eigenvalue weighted by Crippen LogP contribution is 2.26. The van der Waals surface area contributed by atoms with Gasteiger partial charge in [-0.1, -0.05) is 32.0 Å². The number of carbonyl (C=O) groups is 2. The molecule has 26 heavy (non-hydrogen) atoms. The van der Waals surface area contributed by atoms with E-state index in [1.807, 2.05) is 44.2 Å². The Labute approximate surface area is 154 Å². The molecule has 0 radical (unpaired) electrons. The normalized spacial score (nSPS) is 12.2. The number of benzene rings is 1. The van der Waals surface area contributed by atoms with E-state index in [2.05, 4.69) is 15.3 Å². The van der Waals surface area contributed by atoms with Gasteiger partial charge in [-0.25, -0.2) is 15.4 Å². The minimum Gasteiger partial charge on any atom is -0.341 e. The first kappa shape index (κ1) is 18.0. The van der Waals surface area contributed by atoms with E-state index in [4.69, 9.17) is 5.21 Å². The zero-order valence-corrected chi connectivity index (χ0v) is 15.1. The van der Waals surface area contributed by atoms with Gasteiger partial charge in [-0.3, -0.25) is 14.8 Å². The third-order valence-electron chi connectivity index (χ3n) is 3.92. The van der Waals surface area contributed by atoms with Crippen molar-refractivity contribution < 1.29 is 14.8 Å². The fraction of sp³-hybridized carbons (Fsp3) is 0.222. The molecule has 7 nitrogen and oxygen atoms in total. The van der Waals surface area contributed by atoms with Crippen molar-refractivity contribution in [2.45, 2.75) is 19.9 Å². The number of carbonyl (C=O) groups excluding carboxylic acids is 2. The highest BCUT2D eigenvalue weighted by Gasteiger charge is 2.23. The van der Waals surface area contributed by atoms with Crippen LogP contribution in [0.2, 0.25) is 0 Å². The number of hydrogen-bond acceptors (Lipinski definition) is 6. The van der Waals surface area contributed by atoms with E-state index in [1.54, 1.807) is 0 Å². The van der Waals surface area contributed by atoms with Crippen LogP contribution in [-0.4, -0.2) is 27.0 Å². The van der Waals surface area contributed by atoms with Crippen molar-refractivity contribution in [1.82, 2.24) is 20.8 Å². The number of rotatable bonds is 5. The molecule has 2 amide bonds. The van der Waals surface area contributed by atoms with Crippen molar-refractivity contribution in [2.24, 2.45) is 5.92 Å². The molecule has 0 aliphatic carbocycles. The van der Waals surface area contributed by atoms with Crippen LogP contribution in [0.25, 0.3) is 10.1 Å². The molecule has 0 spiro atoms. The van der Waals surface area contributed by atoms with Gasteiger partial charge in [0.05, 0.1) is 16.5 Å². The molecule has 1 atom stereocenters. The fourth-order valence-corrected chi connectivity index (χ4v) is 3.48. The third kappa shape index (κ3) is 3.71. The van der Waals surface area contributed by atoms with Crippen LogP contribution < -0.4 is 10.8 Å². The molecule has 3 N–H and O–H groups in total. The lowest BCUT2D eigenvalue weighted by molar-refractivity contribution is 0.0705. The molecule has 3 rings (SSSR count). The summed E-state index contributed by atoms with van der Waals surface area (Å²) in [6, 6.07) is 9.28. The van der Waals surface area contributed by atoms with Gasteiger partial charge >= 0.3 is 0 Å². The molecule has 1 aromatic carbocycles. The number of nitrogens with zero attached hydrogens (tertiary/aromatic N) is 2. The molecule has 0 bridgehead atoms. The summed E-state index contributed by atoms with van der Waals surface area (Å²) in [5.74, 6) is -0.424. The maximum atomic E-state index is 12.7. The van der Waals surface area contributed by atoms with Crippen molar-refractivity contribution in [1.29, 1.82) is 0 Å². The number of hydroxylamine groups is 1. The monoisotopic (exact) mass is 370 g/mol. The Kier molecular flexibility index (Phi) is 5.24. The largest absolute Gasteiger partial charge is 0.341 e. The van der Waals surface area contributed by atoms with Crippen LogP contribution in [0.4, 0.5) is 0 Å². The van der Waals surface area contributed by atoms with Crippen molar-refractivity contribution >= 4 is 33.2 Å². The summed E-state index contributed by atoms with van der Waals surface area (Å²) >= 11 is 1.43. The lowest BCUT2D eigenvalue weighted by Crippen LogP contribution is -2.32. The van der Waals surface area contributed by atoms with Crippen LogP contribution in [-0.2, 0) is 0 Å². The van der Waals surface area contributed by atoms with Crippen LogP contribution >= 0.6 is 11.3 Å². The first-order valence-electron chi connectivity index (χ1n) is 8.05. The first-order valence-corrected chi connectivity index (χ1v) is 8.87. The van der Waals surface area contributed by atoms with E-state index < -0.39 is 11.9 Å². The van der Waals surface area contributed by atoms with Gasteiger partial charge in [-0.05, 0) is 23.4 Å². The molecule has 0 aliphatic rings. The Bertz CT molecular complexity index is 904. The zero-order valence-electron chi connectivity index (χ0n) is 14.3. The van der Waals surface area contributed by atoms with Crippen molar-refractivity contribution in [3.63, 3.8) is 0 Å². The molecule has 134 valence electrons. The molecular weight excluding hydrogens is 352 g/mol. The van der Waals surface area contributed by atoms with E-state index in [9.17, 15) is 9.59 Å². The highest BCUT2D eigenvalue weighted by atomic mass is 32.1. The van der Waals surface area contributed by atoms with Crippen molar-refractivity contribution in [2.75, 3.05) is 0 Å². The van der Waals surface area contributed by atoms with Crippen LogP contribution in [0.15, 0.2) is 42.7 Å². The number of thiophene rings is 1. The third-order valence-corrected chi connectivity index (χ3v) is 5.03. The van der Waals surface area contributed by atoms with Gasteiger partial charge in [0.1, 0.15) is 0 Å². The van der Waals surface area contributed by atoms with Crippen LogP contribution in [0, 0.1) is 5.92 Å². The predicted octanol–water partition coefficient (Wildman–Crippen LogP) is 2.94. The fourth-order valence-electron chi connectivity index (χ4n) is 2.52. The summed E-state index contributed by atoms with van der Waals surface area (Å²) in [7, 11) is 0. The SMILES string of the molecule is CC(C)[C@H](NC(=O)c1cc2ccccc2s1)c1ncc(C(=O)NO)cn1. The van der Waals surface area contributed by atoms with Crippen molar-refractivity contribution in [3.05, 3.63) is 59.0 Å². The summed E-state index contributed by atoms with van der Waals surface area (Å²) in [4.78, 5) is 33.0.